The van der Waals surface area contributed by atoms with Crippen molar-refractivity contribution < 1.29 is 35.9 Å². The molecule has 4 rings (SSSR count). The van der Waals surface area contributed by atoms with E-state index >= 15 is 0 Å². The Balaban J connectivity index is 1.49. The number of likely N-dealkylation sites (tertiary alicyclic amines) is 1. The molecule has 0 radical (unpaired) electrons. The number of piperidine rings is 1. The van der Waals surface area contributed by atoms with Crippen LogP contribution in [0.2, 0.25) is 0 Å². The lowest BCUT2D eigenvalue weighted by Gasteiger charge is -2.42. The van der Waals surface area contributed by atoms with Gasteiger partial charge in [0.15, 0.2) is 0 Å². The highest BCUT2D eigenvalue weighted by atomic mass is 19.4. The van der Waals surface area contributed by atoms with Crippen molar-refractivity contribution in [3.8, 4) is 5.75 Å². The summed E-state index contributed by atoms with van der Waals surface area (Å²) in [4.78, 5) is 14.9. The normalized spacial score (nSPS) is 15.8. The highest BCUT2D eigenvalue weighted by Crippen LogP contribution is 2.36. The van der Waals surface area contributed by atoms with E-state index < -0.39 is 35.2 Å². The first-order valence-electron chi connectivity index (χ1n) is 12.2. The second-order valence-electron chi connectivity index (χ2n) is 9.31. The summed E-state index contributed by atoms with van der Waals surface area (Å²) in [6.07, 6.45) is -5.21. The Hall–Kier alpha value is -3.95. The van der Waals surface area contributed by atoms with E-state index in [-0.39, 0.29) is 17.7 Å². The smallest absolute Gasteiger partial charge is 0.405 e. The second kappa shape index (κ2) is 11.4. The molecule has 39 heavy (non-hydrogen) atoms. The number of carbonyl (C=O) groups excluding carboxylic acids is 1. The van der Waals surface area contributed by atoms with E-state index in [1.54, 1.807) is 12.3 Å². The summed E-state index contributed by atoms with van der Waals surface area (Å²) in [5, 5.41) is 2.78. The van der Waals surface area contributed by atoms with Crippen LogP contribution < -0.4 is 10.1 Å². The summed E-state index contributed by atoms with van der Waals surface area (Å²) in [6, 6.07) is 19.9. The molecule has 1 aliphatic rings. The van der Waals surface area contributed by atoms with E-state index in [1.807, 2.05) is 35.2 Å². The minimum atomic E-state index is -4.94. The van der Waals surface area contributed by atoms with Crippen LogP contribution in [0, 0.1) is 0 Å². The van der Waals surface area contributed by atoms with Crippen LogP contribution in [0.1, 0.15) is 39.9 Å². The standard InChI is InChI=1S/C29H26F6N2O2/c30-28(31,32)24-12-6-4-8-21(24)14-17-37-18-15-27(16-19-37,22-9-2-1-3-10-22)20-36-26(38)23-11-5-7-13-25(23)39-29(33,34)35/h1-14,17H,15-16,18-20H2,(H,36,38). The predicted octanol–water partition coefficient (Wildman–Crippen LogP) is 7.04. The lowest BCUT2D eigenvalue weighted by atomic mass is 9.72. The summed E-state index contributed by atoms with van der Waals surface area (Å²) >= 11 is 0. The van der Waals surface area contributed by atoms with Gasteiger partial charge in [-0.25, -0.2) is 0 Å². The van der Waals surface area contributed by atoms with Gasteiger partial charge in [-0.3, -0.25) is 4.79 Å². The first kappa shape index (κ1) is 28.1. The van der Waals surface area contributed by atoms with Crippen LogP contribution in [0.25, 0.3) is 6.08 Å². The summed E-state index contributed by atoms with van der Waals surface area (Å²) in [6.45, 7) is 1.16. The number of rotatable bonds is 7. The molecule has 0 spiro atoms. The topological polar surface area (TPSA) is 41.6 Å². The van der Waals surface area contributed by atoms with E-state index in [2.05, 4.69) is 10.1 Å². The fraction of sp³-hybridized carbons (Fsp3) is 0.276. The minimum absolute atomic E-state index is 0.0666. The number of halogens is 6. The number of hydrogen-bond acceptors (Lipinski definition) is 3. The average Bonchev–Trinajstić information content (AvgIpc) is 2.91. The zero-order chi connectivity index (χ0) is 28.1. The van der Waals surface area contributed by atoms with Crippen LogP contribution in [0.5, 0.6) is 5.75 Å². The van der Waals surface area contributed by atoms with E-state index in [1.165, 1.54) is 36.4 Å². The van der Waals surface area contributed by atoms with Crippen molar-refractivity contribution in [3.05, 3.63) is 107 Å². The molecule has 10 heteroatoms. The summed E-state index contributed by atoms with van der Waals surface area (Å²) in [7, 11) is 0. The molecule has 206 valence electrons. The second-order valence-corrected chi connectivity index (χ2v) is 9.31. The van der Waals surface area contributed by atoms with E-state index in [4.69, 9.17) is 0 Å². The van der Waals surface area contributed by atoms with Crippen LogP contribution in [0.3, 0.4) is 0 Å². The largest absolute Gasteiger partial charge is 0.573 e. The maximum atomic E-state index is 13.3. The highest BCUT2D eigenvalue weighted by Gasteiger charge is 2.37. The summed E-state index contributed by atoms with van der Waals surface area (Å²) in [5.41, 5.74) is -0.450. The summed E-state index contributed by atoms with van der Waals surface area (Å²) < 4.78 is 82.5. The molecule has 1 amide bonds. The molecule has 0 bridgehead atoms. The van der Waals surface area contributed by atoms with Gasteiger partial charge in [-0.15, -0.1) is 13.2 Å². The fourth-order valence-corrected chi connectivity index (χ4v) is 4.76. The van der Waals surface area contributed by atoms with Gasteiger partial charge >= 0.3 is 12.5 Å². The van der Waals surface area contributed by atoms with E-state index in [9.17, 15) is 31.1 Å². The zero-order valence-electron chi connectivity index (χ0n) is 20.7. The number of benzene rings is 3. The zero-order valence-corrected chi connectivity index (χ0v) is 20.7. The Labute approximate surface area is 221 Å². The first-order valence-corrected chi connectivity index (χ1v) is 12.2. The Bertz CT molecular complexity index is 1300. The van der Waals surface area contributed by atoms with Crippen molar-refractivity contribution in [1.82, 2.24) is 10.2 Å². The van der Waals surface area contributed by atoms with Crippen molar-refractivity contribution in [2.24, 2.45) is 0 Å². The maximum Gasteiger partial charge on any atom is 0.573 e. The van der Waals surface area contributed by atoms with Crippen molar-refractivity contribution in [2.45, 2.75) is 30.8 Å². The molecule has 0 saturated carbocycles. The predicted molar refractivity (Wildman–Crippen MR) is 135 cm³/mol. The third-order valence-corrected chi connectivity index (χ3v) is 6.82. The number of nitrogens with zero attached hydrogens (tertiary/aromatic N) is 1. The van der Waals surface area contributed by atoms with Crippen LogP contribution in [0.15, 0.2) is 85.1 Å². The molecule has 0 aromatic heterocycles. The molecule has 1 fully saturated rings. The van der Waals surface area contributed by atoms with Crippen molar-refractivity contribution in [3.63, 3.8) is 0 Å². The number of carbonyl (C=O) groups is 1. The number of ether oxygens (including phenoxy) is 1. The number of amides is 1. The summed E-state index contributed by atoms with van der Waals surface area (Å²) in [5.74, 6) is -1.29. The van der Waals surface area contributed by atoms with E-state index in [0.29, 0.717) is 25.9 Å². The van der Waals surface area contributed by atoms with Gasteiger partial charge in [-0.1, -0.05) is 60.7 Å². The number of para-hydroxylation sites is 1. The molecule has 1 heterocycles. The molecule has 1 N–H and O–H groups in total. The van der Waals surface area contributed by atoms with Crippen LogP contribution in [0.4, 0.5) is 26.3 Å². The fourth-order valence-electron chi connectivity index (χ4n) is 4.76. The van der Waals surface area contributed by atoms with Gasteiger partial charge in [-0.05, 0) is 54.4 Å². The van der Waals surface area contributed by atoms with Crippen molar-refractivity contribution in [1.29, 1.82) is 0 Å². The molecule has 0 unspecified atom stereocenters. The minimum Gasteiger partial charge on any atom is -0.405 e. The third kappa shape index (κ3) is 7.13. The number of alkyl halides is 6. The van der Waals surface area contributed by atoms with Gasteiger partial charge < -0.3 is 15.0 Å². The monoisotopic (exact) mass is 548 g/mol. The Morgan fingerprint density at radius 3 is 2.15 bits per heavy atom. The van der Waals surface area contributed by atoms with Crippen molar-refractivity contribution in [2.75, 3.05) is 19.6 Å². The van der Waals surface area contributed by atoms with E-state index in [0.717, 1.165) is 17.7 Å². The molecule has 3 aromatic rings. The van der Waals surface area contributed by atoms with Gasteiger partial charge in [-0.2, -0.15) is 13.2 Å². The molecule has 4 nitrogen and oxygen atoms in total. The van der Waals surface area contributed by atoms with Gasteiger partial charge in [0.2, 0.25) is 0 Å². The van der Waals surface area contributed by atoms with Crippen LogP contribution >= 0.6 is 0 Å². The van der Waals surface area contributed by atoms with Gasteiger partial charge in [0, 0.05) is 25.0 Å². The third-order valence-electron chi connectivity index (χ3n) is 6.82. The molecule has 0 aliphatic carbocycles. The lowest BCUT2D eigenvalue weighted by molar-refractivity contribution is -0.274. The SMILES string of the molecule is O=C(NCC1(c2ccccc2)CCN(C=Cc2ccccc2C(F)(F)F)CC1)c1ccccc1OC(F)(F)F. The first-order chi connectivity index (χ1) is 18.5. The Morgan fingerprint density at radius 2 is 1.49 bits per heavy atom. The van der Waals surface area contributed by atoms with Gasteiger partial charge in [0.25, 0.3) is 5.91 Å². The molecule has 0 atom stereocenters. The molecule has 1 aliphatic heterocycles. The Morgan fingerprint density at radius 1 is 0.872 bits per heavy atom. The van der Waals surface area contributed by atoms with Crippen LogP contribution in [-0.4, -0.2) is 36.8 Å². The maximum absolute atomic E-state index is 13.3. The quantitative estimate of drug-likeness (QED) is 0.322. The highest BCUT2D eigenvalue weighted by molar-refractivity contribution is 5.97. The van der Waals surface area contributed by atoms with Crippen molar-refractivity contribution >= 4 is 12.0 Å². The van der Waals surface area contributed by atoms with Gasteiger partial charge in [0.05, 0.1) is 11.1 Å². The van der Waals surface area contributed by atoms with Gasteiger partial charge in [0.1, 0.15) is 5.75 Å². The Kier molecular flexibility index (Phi) is 8.22. The molecular formula is C29H26F6N2O2. The average molecular weight is 549 g/mol. The lowest BCUT2D eigenvalue weighted by Crippen LogP contribution is -2.47. The number of nitrogens with one attached hydrogen (secondary N) is 1. The molecule has 1 saturated heterocycles. The molecular weight excluding hydrogens is 522 g/mol. The number of hydrogen-bond donors (Lipinski definition) is 1. The van der Waals surface area contributed by atoms with Crippen LogP contribution in [-0.2, 0) is 11.6 Å². The molecule has 3 aromatic carbocycles.